The van der Waals surface area contributed by atoms with Gasteiger partial charge in [-0.05, 0) is 12.8 Å². The van der Waals surface area contributed by atoms with Crippen molar-refractivity contribution in [1.29, 1.82) is 0 Å². The smallest absolute Gasteiger partial charge is 0.326 e. The van der Waals surface area contributed by atoms with E-state index < -0.39 is 11.9 Å². The van der Waals surface area contributed by atoms with Crippen molar-refractivity contribution in [3.8, 4) is 0 Å². The van der Waals surface area contributed by atoms with Crippen molar-refractivity contribution in [2.45, 2.75) is 52.0 Å². The van der Waals surface area contributed by atoms with Crippen LogP contribution in [0.2, 0.25) is 0 Å². The summed E-state index contributed by atoms with van der Waals surface area (Å²) in [5.41, 5.74) is 0. The van der Waals surface area contributed by atoms with Gasteiger partial charge in [0.25, 0.3) is 0 Å². The Hall–Kier alpha value is -1.10. The van der Waals surface area contributed by atoms with Gasteiger partial charge in [0.15, 0.2) is 0 Å². The van der Waals surface area contributed by atoms with Crippen molar-refractivity contribution < 1.29 is 19.3 Å². The van der Waals surface area contributed by atoms with Crippen LogP contribution in [0.5, 0.6) is 0 Å². The number of hydrogen-bond donors (Lipinski definition) is 0. The van der Waals surface area contributed by atoms with Gasteiger partial charge in [-0.3, -0.25) is 9.59 Å². The normalized spacial score (nSPS) is 17.5. The number of carbonyl (C=O) groups is 2. The van der Waals surface area contributed by atoms with E-state index in [1.165, 1.54) is 20.3 Å². The number of rotatable bonds is 3. The lowest BCUT2D eigenvalue weighted by Gasteiger charge is -2.29. The zero-order valence-electron chi connectivity index (χ0n) is 9.19. The standard InChI is InChI=1S/C10H17NO4/c1-8(12)14-11(15-9(2)13)10-6-4-3-5-7-10/h10H,3-7H2,1-2H3. The summed E-state index contributed by atoms with van der Waals surface area (Å²) < 4.78 is 0. The van der Waals surface area contributed by atoms with Crippen LogP contribution < -0.4 is 0 Å². The van der Waals surface area contributed by atoms with E-state index in [2.05, 4.69) is 0 Å². The number of hydroxylamine groups is 2. The van der Waals surface area contributed by atoms with Crippen LogP contribution in [0.4, 0.5) is 0 Å². The highest BCUT2D eigenvalue weighted by atomic mass is 17.0. The summed E-state index contributed by atoms with van der Waals surface area (Å²) in [5, 5.41) is 1.06. The number of hydrogen-bond acceptors (Lipinski definition) is 5. The lowest BCUT2D eigenvalue weighted by molar-refractivity contribution is -0.345. The van der Waals surface area contributed by atoms with Crippen LogP contribution in [-0.4, -0.2) is 23.2 Å². The molecule has 15 heavy (non-hydrogen) atoms. The molecule has 0 N–H and O–H groups in total. The molecule has 5 heteroatoms. The maximum absolute atomic E-state index is 10.8. The van der Waals surface area contributed by atoms with Crippen LogP contribution in [0.1, 0.15) is 46.0 Å². The van der Waals surface area contributed by atoms with Gasteiger partial charge in [-0.2, -0.15) is 0 Å². The van der Waals surface area contributed by atoms with Crippen molar-refractivity contribution in [3.63, 3.8) is 0 Å². The predicted octanol–water partition coefficient (Wildman–Crippen LogP) is 1.58. The third kappa shape index (κ3) is 4.29. The van der Waals surface area contributed by atoms with Gasteiger partial charge in [0.05, 0.1) is 6.04 Å². The SMILES string of the molecule is CC(=O)ON(OC(C)=O)C1CCCCC1. The summed E-state index contributed by atoms with van der Waals surface area (Å²) in [6.45, 7) is 2.58. The first-order chi connectivity index (χ1) is 7.09. The topological polar surface area (TPSA) is 55.8 Å². The molecule has 0 saturated heterocycles. The molecule has 1 aliphatic carbocycles. The summed E-state index contributed by atoms with van der Waals surface area (Å²) >= 11 is 0. The largest absolute Gasteiger partial charge is 0.333 e. The molecule has 0 aromatic rings. The van der Waals surface area contributed by atoms with Crippen LogP contribution in [-0.2, 0) is 19.3 Å². The third-order valence-electron chi connectivity index (χ3n) is 2.31. The lowest BCUT2D eigenvalue weighted by atomic mass is 9.96. The van der Waals surface area contributed by atoms with Crippen molar-refractivity contribution in [1.82, 2.24) is 5.23 Å². The van der Waals surface area contributed by atoms with Crippen LogP contribution in [0.15, 0.2) is 0 Å². The third-order valence-corrected chi connectivity index (χ3v) is 2.31. The summed E-state index contributed by atoms with van der Waals surface area (Å²) in [4.78, 5) is 31.4. The Morgan fingerprint density at radius 2 is 1.47 bits per heavy atom. The first kappa shape index (κ1) is 12.0. The highest BCUT2D eigenvalue weighted by Gasteiger charge is 2.26. The Kier molecular flexibility index (Phi) is 4.55. The molecule has 1 aliphatic rings. The van der Waals surface area contributed by atoms with E-state index in [-0.39, 0.29) is 6.04 Å². The van der Waals surface area contributed by atoms with Gasteiger partial charge in [0.1, 0.15) is 0 Å². The monoisotopic (exact) mass is 215 g/mol. The van der Waals surface area contributed by atoms with E-state index in [1.54, 1.807) is 0 Å². The van der Waals surface area contributed by atoms with Gasteiger partial charge in [0.2, 0.25) is 0 Å². The molecule has 0 aliphatic heterocycles. The van der Waals surface area contributed by atoms with E-state index in [0.29, 0.717) is 0 Å². The maximum atomic E-state index is 10.8. The average Bonchev–Trinajstić information content (AvgIpc) is 2.17. The first-order valence-electron chi connectivity index (χ1n) is 5.26. The highest BCUT2D eigenvalue weighted by Crippen LogP contribution is 2.23. The van der Waals surface area contributed by atoms with Gasteiger partial charge in [-0.15, -0.1) is 0 Å². The minimum Gasteiger partial charge on any atom is -0.333 e. The molecule has 0 unspecified atom stereocenters. The zero-order valence-corrected chi connectivity index (χ0v) is 9.19. The first-order valence-corrected chi connectivity index (χ1v) is 5.26. The molecule has 0 spiro atoms. The molecule has 0 heterocycles. The lowest BCUT2D eigenvalue weighted by Crippen LogP contribution is -2.39. The second-order valence-corrected chi connectivity index (χ2v) is 3.74. The van der Waals surface area contributed by atoms with Gasteiger partial charge in [0, 0.05) is 19.1 Å². The fraction of sp³-hybridized carbons (Fsp3) is 0.800. The minimum absolute atomic E-state index is 0.00606. The molecular formula is C10H17NO4. The summed E-state index contributed by atoms with van der Waals surface area (Å²) in [7, 11) is 0. The van der Waals surface area contributed by atoms with E-state index in [1.807, 2.05) is 0 Å². The van der Waals surface area contributed by atoms with E-state index in [0.717, 1.165) is 30.9 Å². The van der Waals surface area contributed by atoms with Crippen LogP contribution in [0.25, 0.3) is 0 Å². The molecule has 0 aromatic carbocycles. The molecule has 0 aromatic heterocycles. The van der Waals surface area contributed by atoms with Gasteiger partial charge in [-0.1, -0.05) is 19.3 Å². The molecule has 0 amide bonds. The van der Waals surface area contributed by atoms with Crippen LogP contribution in [0.3, 0.4) is 0 Å². The average molecular weight is 215 g/mol. The molecule has 86 valence electrons. The van der Waals surface area contributed by atoms with Gasteiger partial charge >= 0.3 is 11.9 Å². The van der Waals surface area contributed by atoms with E-state index >= 15 is 0 Å². The molecule has 0 radical (unpaired) electrons. The van der Waals surface area contributed by atoms with Crippen LogP contribution >= 0.6 is 0 Å². The fourth-order valence-corrected chi connectivity index (χ4v) is 1.71. The second kappa shape index (κ2) is 5.70. The predicted molar refractivity (Wildman–Crippen MR) is 52.2 cm³/mol. The van der Waals surface area contributed by atoms with Crippen molar-refractivity contribution in [2.75, 3.05) is 0 Å². The summed E-state index contributed by atoms with van der Waals surface area (Å²) in [6.07, 6.45) is 5.11. The maximum Gasteiger partial charge on any atom is 0.326 e. The Balaban J connectivity index is 2.52. The Morgan fingerprint density at radius 3 is 1.87 bits per heavy atom. The Morgan fingerprint density at radius 1 is 1.00 bits per heavy atom. The quantitative estimate of drug-likeness (QED) is 0.669. The van der Waals surface area contributed by atoms with E-state index in [4.69, 9.17) is 9.68 Å². The second-order valence-electron chi connectivity index (χ2n) is 3.74. The summed E-state index contributed by atoms with van der Waals surface area (Å²) in [6, 6.07) is 0.00606. The Bertz CT molecular complexity index is 220. The molecule has 1 rings (SSSR count). The van der Waals surface area contributed by atoms with Crippen molar-refractivity contribution in [3.05, 3.63) is 0 Å². The molecule has 1 saturated carbocycles. The highest BCUT2D eigenvalue weighted by molar-refractivity contribution is 5.67. The summed E-state index contributed by atoms with van der Waals surface area (Å²) in [5.74, 6) is -0.941. The number of nitrogens with zero attached hydrogens (tertiary/aromatic N) is 1. The number of carbonyl (C=O) groups excluding carboxylic acids is 2. The van der Waals surface area contributed by atoms with Crippen LogP contribution in [0, 0.1) is 0 Å². The Labute approximate surface area is 89.2 Å². The van der Waals surface area contributed by atoms with Gasteiger partial charge in [-0.25, -0.2) is 0 Å². The van der Waals surface area contributed by atoms with Crippen molar-refractivity contribution in [2.24, 2.45) is 0 Å². The molecule has 5 nitrogen and oxygen atoms in total. The minimum atomic E-state index is -0.471. The zero-order chi connectivity index (χ0) is 11.3. The molecule has 0 bridgehead atoms. The molecule has 1 fully saturated rings. The van der Waals surface area contributed by atoms with Crippen molar-refractivity contribution >= 4 is 11.9 Å². The molecule has 0 atom stereocenters. The van der Waals surface area contributed by atoms with E-state index in [9.17, 15) is 9.59 Å². The van der Waals surface area contributed by atoms with Gasteiger partial charge < -0.3 is 9.68 Å². The fourth-order valence-electron chi connectivity index (χ4n) is 1.71. The molecular weight excluding hydrogens is 198 g/mol.